The number of nitrogens with two attached hydrogens (primary N) is 1. The summed E-state index contributed by atoms with van der Waals surface area (Å²) < 4.78 is 38.8. The third kappa shape index (κ3) is 5.40. The van der Waals surface area contributed by atoms with E-state index in [1.54, 1.807) is 12.3 Å². The second-order valence-corrected chi connectivity index (χ2v) is 7.14. The fourth-order valence-electron chi connectivity index (χ4n) is 2.29. The molecule has 0 spiro atoms. The minimum Gasteiger partial charge on any atom is -0.351 e. The molecule has 29 heavy (non-hydrogen) atoms. The second-order valence-electron chi connectivity index (χ2n) is 5.72. The molecule has 0 unspecified atom stereocenters. The van der Waals surface area contributed by atoms with Gasteiger partial charge in [-0.3, -0.25) is 9.78 Å². The predicted molar refractivity (Wildman–Crippen MR) is 104 cm³/mol. The number of halogens is 4. The van der Waals surface area contributed by atoms with Crippen molar-refractivity contribution in [3.05, 3.63) is 53.1 Å². The van der Waals surface area contributed by atoms with Gasteiger partial charge in [0.15, 0.2) is 5.13 Å². The monoisotopic (exact) mass is 442 g/mol. The van der Waals surface area contributed by atoms with E-state index in [9.17, 15) is 18.0 Å². The molecule has 0 saturated heterocycles. The molecule has 7 nitrogen and oxygen atoms in total. The van der Waals surface area contributed by atoms with Gasteiger partial charge in [-0.1, -0.05) is 22.9 Å². The maximum Gasteiger partial charge on any atom is 0.416 e. The maximum absolute atomic E-state index is 12.9. The highest BCUT2D eigenvalue weighted by Gasteiger charge is 2.31. The van der Waals surface area contributed by atoms with Crippen molar-refractivity contribution >= 4 is 39.8 Å². The van der Waals surface area contributed by atoms with Gasteiger partial charge in [-0.25, -0.2) is 9.97 Å². The highest BCUT2D eigenvalue weighted by atomic mass is 35.5. The van der Waals surface area contributed by atoms with Gasteiger partial charge in [0.05, 0.1) is 16.0 Å². The van der Waals surface area contributed by atoms with Crippen molar-refractivity contribution in [2.24, 2.45) is 5.73 Å². The Morgan fingerprint density at radius 1 is 1.21 bits per heavy atom. The number of nitrogens with one attached hydrogen (secondary N) is 2. The zero-order chi connectivity index (χ0) is 21.0. The van der Waals surface area contributed by atoms with Gasteiger partial charge in [0.25, 0.3) is 5.91 Å². The first-order valence-corrected chi connectivity index (χ1v) is 9.37. The van der Waals surface area contributed by atoms with Crippen molar-refractivity contribution in [1.82, 2.24) is 20.3 Å². The van der Waals surface area contributed by atoms with Gasteiger partial charge >= 0.3 is 6.18 Å². The SMILES string of the molecule is NCCNC(=O)c1cncc(-c2cnc(Nc3cc(C(F)(F)F)cc(Cl)n3)s2)c1. The maximum atomic E-state index is 12.9. The largest absolute Gasteiger partial charge is 0.416 e. The minimum atomic E-state index is -4.55. The van der Waals surface area contributed by atoms with E-state index in [1.807, 2.05) is 0 Å². The Balaban J connectivity index is 1.80. The summed E-state index contributed by atoms with van der Waals surface area (Å²) >= 11 is 6.84. The quantitative estimate of drug-likeness (QED) is 0.502. The summed E-state index contributed by atoms with van der Waals surface area (Å²) in [6.07, 6.45) is -0.0606. The Morgan fingerprint density at radius 3 is 2.72 bits per heavy atom. The number of hydrogen-bond donors (Lipinski definition) is 3. The third-order valence-corrected chi connectivity index (χ3v) is 4.73. The molecule has 0 aliphatic rings. The molecule has 0 bridgehead atoms. The number of hydrogen-bond acceptors (Lipinski definition) is 7. The Labute approximate surface area is 172 Å². The van der Waals surface area contributed by atoms with E-state index in [2.05, 4.69) is 25.6 Å². The summed E-state index contributed by atoms with van der Waals surface area (Å²) in [4.78, 5) is 24.7. The fraction of sp³-hybridized carbons (Fsp3) is 0.176. The molecule has 0 fully saturated rings. The summed E-state index contributed by atoms with van der Waals surface area (Å²) in [6.45, 7) is 0.653. The molecule has 3 aromatic heterocycles. The van der Waals surface area contributed by atoms with Crippen molar-refractivity contribution < 1.29 is 18.0 Å². The Kier molecular flexibility index (Phi) is 6.30. The molecule has 152 valence electrons. The average Bonchev–Trinajstić information content (AvgIpc) is 3.13. The molecule has 0 radical (unpaired) electrons. The number of amides is 1. The van der Waals surface area contributed by atoms with Crippen LogP contribution in [0, 0.1) is 0 Å². The van der Waals surface area contributed by atoms with Crippen LogP contribution >= 0.6 is 22.9 Å². The average molecular weight is 443 g/mol. The lowest BCUT2D eigenvalue weighted by molar-refractivity contribution is -0.137. The first kappa shape index (κ1) is 21.0. The summed E-state index contributed by atoms with van der Waals surface area (Å²) in [5, 5.41) is 5.37. The van der Waals surface area contributed by atoms with Gasteiger partial charge in [0.2, 0.25) is 0 Å². The van der Waals surface area contributed by atoms with Crippen LogP contribution in [0.1, 0.15) is 15.9 Å². The molecular weight excluding hydrogens is 429 g/mol. The summed E-state index contributed by atoms with van der Waals surface area (Å²) in [5.41, 5.74) is 5.43. The van der Waals surface area contributed by atoms with Crippen LogP contribution in [0.25, 0.3) is 10.4 Å². The Morgan fingerprint density at radius 2 is 2.00 bits per heavy atom. The van der Waals surface area contributed by atoms with Gasteiger partial charge in [-0.2, -0.15) is 13.2 Å². The molecule has 3 heterocycles. The molecule has 0 aliphatic carbocycles. The fourth-order valence-corrected chi connectivity index (χ4v) is 3.30. The molecule has 0 aliphatic heterocycles. The van der Waals surface area contributed by atoms with Crippen LogP contribution in [0.3, 0.4) is 0 Å². The number of pyridine rings is 2. The molecular formula is C17H14ClF3N6OS. The summed E-state index contributed by atoms with van der Waals surface area (Å²) in [7, 11) is 0. The van der Waals surface area contributed by atoms with Gasteiger partial charge in [0.1, 0.15) is 11.0 Å². The van der Waals surface area contributed by atoms with Crippen LogP contribution in [0.2, 0.25) is 5.15 Å². The molecule has 3 aromatic rings. The van der Waals surface area contributed by atoms with Crippen molar-refractivity contribution in [3.63, 3.8) is 0 Å². The number of aromatic nitrogens is 3. The molecule has 0 atom stereocenters. The number of rotatable bonds is 6. The van der Waals surface area contributed by atoms with E-state index in [0.717, 1.165) is 23.5 Å². The smallest absolute Gasteiger partial charge is 0.351 e. The van der Waals surface area contributed by atoms with Crippen LogP contribution in [-0.2, 0) is 6.18 Å². The van der Waals surface area contributed by atoms with Crippen molar-refractivity contribution in [1.29, 1.82) is 0 Å². The molecule has 3 rings (SSSR count). The number of nitrogens with zero attached hydrogens (tertiary/aromatic N) is 3. The van der Waals surface area contributed by atoms with E-state index in [-0.39, 0.29) is 16.9 Å². The summed E-state index contributed by atoms with van der Waals surface area (Å²) in [5.74, 6) is -0.394. The summed E-state index contributed by atoms with van der Waals surface area (Å²) in [6, 6.07) is 3.22. The normalized spacial score (nSPS) is 11.3. The van der Waals surface area contributed by atoms with Gasteiger partial charge in [-0.05, 0) is 18.2 Å². The molecule has 4 N–H and O–H groups in total. The van der Waals surface area contributed by atoms with Gasteiger partial charge in [0, 0.05) is 37.2 Å². The highest BCUT2D eigenvalue weighted by molar-refractivity contribution is 7.18. The van der Waals surface area contributed by atoms with Crippen LogP contribution in [-0.4, -0.2) is 33.9 Å². The first-order valence-electron chi connectivity index (χ1n) is 8.17. The lowest BCUT2D eigenvalue weighted by Crippen LogP contribution is -2.29. The standard InChI is InChI=1S/C17H14ClF3N6OS/c18-13-4-11(17(19,20)21)5-14(26-13)27-16-25-8-12(29-16)9-3-10(7-23-6-9)15(28)24-2-1-22/h3-8H,1-2,22H2,(H,24,28)(H,25,26,27). The van der Waals surface area contributed by atoms with E-state index < -0.39 is 11.7 Å². The lowest BCUT2D eigenvalue weighted by Gasteiger charge is -2.09. The van der Waals surface area contributed by atoms with Crippen LogP contribution in [0.5, 0.6) is 0 Å². The van der Waals surface area contributed by atoms with Crippen molar-refractivity contribution in [2.75, 3.05) is 18.4 Å². The topological polar surface area (TPSA) is 106 Å². The molecule has 12 heteroatoms. The van der Waals surface area contributed by atoms with E-state index in [0.29, 0.717) is 34.2 Å². The Hall–Kier alpha value is -2.76. The second kappa shape index (κ2) is 8.72. The number of alkyl halides is 3. The minimum absolute atomic E-state index is 0.0845. The third-order valence-electron chi connectivity index (χ3n) is 3.58. The van der Waals surface area contributed by atoms with E-state index in [1.165, 1.54) is 12.4 Å². The van der Waals surface area contributed by atoms with E-state index in [4.69, 9.17) is 17.3 Å². The van der Waals surface area contributed by atoms with Crippen LogP contribution < -0.4 is 16.4 Å². The number of anilines is 2. The molecule has 0 saturated carbocycles. The Bertz CT molecular complexity index is 1030. The number of thiazole rings is 1. The van der Waals surface area contributed by atoms with Crippen molar-refractivity contribution in [3.8, 4) is 10.4 Å². The zero-order valence-electron chi connectivity index (χ0n) is 14.6. The highest BCUT2D eigenvalue weighted by Crippen LogP contribution is 2.34. The van der Waals surface area contributed by atoms with Gasteiger partial charge < -0.3 is 16.4 Å². The van der Waals surface area contributed by atoms with Crippen LogP contribution in [0.4, 0.5) is 24.1 Å². The van der Waals surface area contributed by atoms with Crippen LogP contribution in [0.15, 0.2) is 36.8 Å². The first-order chi connectivity index (χ1) is 13.8. The molecule has 1 amide bonds. The zero-order valence-corrected chi connectivity index (χ0v) is 16.2. The van der Waals surface area contributed by atoms with Crippen molar-refractivity contribution in [2.45, 2.75) is 6.18 Å². The number of carbonyl (C=O) groups excluding carboxylic acids is 1. The lowest BCUT2D eigenvalue weighted by atomic mass is 10.2. The number of carbonyl (C=O) groups is 1. The predicted octanol–water partition coefficient (Wildman–Crippen LogP) is 3.70. The molecule has 0 aromatic carbocycles. The van der Waals surface area contributed by atoms with Gasteiger partial charge in [-0.15, -0.1) is 0 Å². The van der Waals surface area contributed by atoms with E-state index >= 15 is 0 Å².